The van der Waals surface area contributed by atoms with E-state index in [1.165, 1.54) is 87.6 Å². The van der Waals surface area contributed by atoms with Gasteiger partial charge in [0.05, 0.1) is 0 Å². The van der Waals surface area contributed by atoms with E-state index in [0.29, 0.717) is 0 Å². The molecule has 0 amide bonds. The Labute approximate surface area is 234 Å². The fraction of sp³-hybridized carbons (Fsp3) is 0.150. The van der Waals surface area contributed by atoms with Gasteiger partial charge in [-0.15, -0.1) is 0 Å². The summed E-state index contributed by atoms with van der Waals surface area (Å²) in [5, 5.41) is 10.8. The minimum Gasteiger partial charge on any atom is -0.0616 e. The van der Waals surface area contributed by atoms with E-state index >= 15 is 0 Å². The van der Waals surface area contributed by atoms with Crippen LogP contribution >= 0.6 is 0 Å². The van der Waals surface area contributed by atoms with E-state index in [1.54, 1.807) is 0 Å². The van der Waals surface area contributed by atoms with Crippen LogP contribution in [-0.2, 0) is 10.8 Å². The second-order valence-electron chi connectivity index (χ2n) is 12.9. The van der Waals surface area contributed by atoms with Crippen LogP contribution in [0.25, 0.3) is 65.3 Å². The lowest BCUT2D eigenvalue weighted by atomic mass is 9.79. The molecular formula is C40H30. The molecule has 0 atom stereocenters. The van der Waals surface area contributed by atoms with Crippen molar-refractivity contribution in [2.45, 2.75) is 38.5 Å². The van der Waals surface area contributed by atoms with Crippen molar-refractivity contribution in [2.24, 2.45) is 0 Å². The Morgan fingerprint density at radius 3 is 1.48 bits per heavy atom. The monoisotopic (exact) mass is 510 g/mol. The minimum atomic E-state index is -0.0852. The largest absolute Gasteiger partial charge is 0.0616 e. The SMILES string of the molecule is CC1(C)c2cc3c(cc2-c2c1ccc1ccccc21)C(C)(C)c1ccc2c4ccccc4c4ccccc4c2c1-3. The molecule has 0 spiro atoms. The molecule has 0 N–H and O–H groups in total. The molecule has 9 rings (SSSR count). The molecule has 0 unspecified atom stereocenters. The lowest BCUT2D eigenvalue weighted by Gasteiger charge is -2.24. The topological polar surface area (TPSA) is 0 Å². The number of rotatable bonds is 0. The third-order valence-electron chi connectivity index (χ3n) is 10.2. The van der Waals surface area contributed by atoms with Crippen molar-refractivity contribution in [2.75, 3.05) is 0 Å². The standard InChI is InChI=1S/C40H30/c1-39(2)32-19-17-23-11-5-6-12-24(23)36(32)30-21-35-31(22-34(30)39)38-33(40(35,3)4)20-18-29-27-15-8-7-13-25(27)26-14-9-10-16-28(26)37(29)38/h5-22H,1-4H3. The van der Waals surface area contributed by atoms with Gasteiger partial charge >= 0.3 is 0 Å². The van der Waals surface area contributed by atoms with Gasteiger partial charge in [0.25, 0.3) is 0 Å². The van der Waals surface area contributed by atoms with Gasteiger partial charge in [0.2, 0.25) is 0 Å². The van der Waals surface area contributed by atoms with Gasteiger partial charge < -0.3 is 0 Å². The molecule has 0 heteroatoms. The van der Waals surface area contributed by atoms with Crippen molar-refractivity contribution >= 4 is 43.1 Å². The van der Waals surface area contributed by atoms with Crippen molar-refractivity contribution in [3.63, 3.8) is 0 Å². The Balaban J connectivity index is 1.45. The van der Waals surface area contributed by atoms with Gasteiger partial charge in [0.15, 0.2) is 0 Å². The van der Waals surface area contributed by atoms with Crippen LogP contribution in [0.15, 0.2) is 109 Å². The predicted molar refractivity (Wildman–Crippen MR) is 172 cm³/mol. The van der Waals surface area contributed by atoms with Crippen molar-refractivity contribution in [3.05, 3.63) is 131 Å². The van der Waals surface area contributed by atoms with Gasteiger partial charge in [0.1, 0.15) is 0 Å². The van der Waals surface area contributed by atoms with Gasteiger partial charge in [-0.25, -0.2) is 0 Å². The van der Waals surface area contributed by atoms with E-state index in [2.05, 4.69) is 137 Å². The maximum absolute atomic E-state index is 2.57. The van der Waals surface area contributed by atoms with Crippen molar-refractivity contribution in [1.82, 2.24) is 0 Å². The van der Waals surface area contributed by atoms with Gasteiger partial charge in [-0.1, -0.05) is 125 Å². The van der Waals surface area contributed by atoms with E-state index in [1.807, 2.05) is 0 Å². The van der Waals surface area contributed by atoms with Crippen LogP contribution < -0.4 is 0 Å². The van der Waals surface area contributed by atoms with Crippen LogP contribution in [0.5, 0.6) is 0 Å². The average molecular weight is 511 g/mol. The fourth-order valence-corrected chi connectivity index (χ4v) is 8.22. The lowest BCUT2D eigenvalue weighted by molar-refractivity contribution is 0.652. The Morgan fingerprint density at radius 2 is 0.825 bits per heavy atom. The van der Waals surface area contributed by atoms with Crippen LogP contribution in [0.4, 0.5) is 0 Å². The molecule has 7 aromatic rings. The van der Waals surface area contributed by atoms with E-state index < -0.39 is 0 Å². The van der Waals surface area contributed by atoms with E-state index in [9.17, 15) is 0 Å². The maximum Gasteiger partial charge on any atom is 0.0159 e. The third kappa shape index (κ3) is 2.53. The molecule has 0 saturated heterocycles. The zero-order valence-corrected chi connectivity index (χ0v) is 23.4. The van der Waals surface area contributed by atoms with E-state index in [0.717, 1.165) is 0 Å². The zero-order chi connectivity index (χ0) is 27.0. The molecule has 0 heterocycles. The van der Waals surface area contributed by atoms with Crippen LogP contribution in [0.1, 0.15) is 49.9 Å². The molecule has 7 aromatic carbocycles. The summed E-state index contributed by atoms with van der Waals surface area (Å²) >= 11 is 0. The highest BCUT2D eigenvalue weighted by Crippen LogP contribution is 2.59. The van der Waals surface area contributed by atoms with Crippen LogP contribution in [-0.4, -0.2) is 0 Å². The van der Waals surface area contributed by atoms with Gasteiger partial charge in [0, 0.05) is 10.8 Å². The van der Waals surface area contributed by atoms with Crippen LogP contribution in [0.2, 0.25) is 0 Å². The summed E-state index contributed by atoms with van der Waals surface area (Å²) in [6.45, 7) is 9.66. The third-order valence-corrected chi connectivity index (χ3v) is 10.2. The molecule has 0 bridgehead atoms. The molecule has 40 heavy (non-hydrogen) atoms. The van der Waals surface area contributed by atoms with Gasteiger partial charge in [-0.2, -0.15) is 0 Å². The Morgan fingerprint density at radius 1 is 0.375 bits per heavy atom. The highest BCUT2D eigenvalue weighted by Gasteiger charge is 2.42. The smallest absolute Gasteiger partial charge is 0.0159 e. The van der Waals surface area contributed by atoms with Crippen LogP contribution in [0, 0.1) is 0 Å². The first kappa shape index (κ1) is 22.4. The molecular weight excluding hydrogens is 480 g/mol. The number of hydrogen-bond donors (Lipinski definition) is 0. The first-order valence-electron chi connectivity index (χ1n) is 14.5. The summed E-state index contributed by atoms with van der Waals surface area (Å²) in [6.07, 6.45) is 0. The minimum absolute atomic E-state index is 0.0596. The van der Waals surface area contributed by atoms with Crippen molar-refractivity contribution in [3.8, 4) is 22.3 Å². The van der Waals surface area contributed by atoms with Crippen molar-refractivity contribution in [1.29, 1.82) is 0 Å². The fourth-order valence-electron chi connectivity index (χ4n) is 8.22. The van der Waals surface area contributed by atoms with E-state index in [-0.39, 0.29) is 10.8 Å². The normalized spacial score (nSPS) is 15.9. The van der Waals surface area contributed by atoms with E-state index in [4.69, 9.17) is 0 Å². The Bertz CT molecular complexity index is 2220. The van der Waals surface area contributed by atoms with Crippen LogP contribution in [0.3, 0.4) is 0 Å². The summed E-state index contributed by atoms with van der Waals surface area (Å²) in [4.78, 5) is 0. The highest BCUT2D eigenvalue weighted by molar-refractivity contribution is 6.29. The molecule has 0 aromatic heterocycles. The molecule has 190 valence electrons. The molecule has 0 fully saturated rings. The van der Waals surface area contributed by atoms with Crippen molar-refractivity contribution < 1.29 is 0 Å². The maximum atomic E-state index is 2.57. The summed E-state index contributed by atoms with van der Waals surface area (Å²) in [7, 11) is 0. The van der Waals surface area contributed by atoms with Gasteiger partial charge in [-0.3, -0.25) is 0 Å². The zero-order valence-electron chi connectivity index (χ0n) is 23.4. The first-order chi connectivity index (χ1) is 19.4. The Hall–Kier alpha value is -4.42. The lowest BCUT2D eigenvalue weighted by Crippen LogP contribution is -2.16. The Kier molecular flexibility index (Phi) is 4.03. The summed E-state index contributed by atoms with van der Waals surface area (Å²) < 4.78 is 0. The predicted octanol–water partition coefficient (Wildman–Crippen LogP) is 10.9. The molecule has 0 radical (unpaired) electrons. The summed E-state index contributed by atoms with van der Waals surface area (Å²) in [5.74, 6) is 0. The average Bonchev–Trinajstić information content (AvgIpc) is 3.35. The quantitative estimate of drug-likeness (QED) is 0.178. The first-order valence-corrected chi connectivity index (χ1v) is 14.5. The number of fused-ring (bicyclic) bond motifs is 15. The molecule has 2 aliphatic carbocycles. The highest BCUT2D eigenvalue weighted by atomic mass is 14.5. The molecule has 2 aliphatic rings. The number of hydrogen-bond acceptors (Lipinski definition) is 0. The molecule has 0 aliphatic heterocycles. The second kappa shape index (κ2) is 7.20. The second-order valence-corrected chi connectivity index (χ2v) is 12.9. The molecule has 0 saturated carbocycles. The summed E-state index contributed by atoms with van der Waals surface area (Å²) in [6, 6.07) is 41.4. The number of benzene rings is 7. The van der Waals surface area contributed by atoms with Gasteiger partial charge in [-0.05, 0) is 99.7 Å². The summed E-state index contributed by atoms with van der Waals surface area (Å²) in [5.41, 5.74) is 11.3. The molecule has 0 nitrogen and oxygen atoms in total.